The van der Waals surface area contributed by atoms with Crippen LogP contribution in [0, 0.1) is 12.7 Å². The first kappa shape index (κ1) is 14.0. The summed E-state index contributed by atoms with van der Waals surface area (Å²) in [6, 6.07) is 13.6. The van der Waals surface area contributed by atoms with Crippen LogP contribution in [0.5, 0.6) is 0 Å². The van der Waals surface area contributed by atoms with E-state index in [4.69, 9.17) is 5.11 Å². The van der Waals surface area contributed by atoms with Crippen molar-refractivity contribution in [3.63, 3.8) is 0 Å². The van der Waals surface area contributed by atoms with Gasteiger partial charge in [0.2, 0.25) is 0 Å². The summed E-state index contributed by atoms with van der Waals surface area (Å²) in [7, 11) is 0. The minimum atomic E-state index is -1.10. The number of amides is 1. The molecule has 2 N–H and O–H groups in total. The molecule has 0 aliphatic rings. The van der Waals surface area contributed by atoms with Gasteiger partial charge in [0, 0.05) is 22.7 Å². The number of rotatable bonds is 2. The van der Waals surface area contributed by atoms with Gasteiger partial charge in [-0.2, -0.15) is 0 Å². The Morgan fingerprint density at radius 1 is 1.14 bits per heavy atom. The van der Waals surface area contributed by atoms with Crippen molar-refractivity contribution in [1.82, 2.24) is 4.98 Å². The van der Waals surface area contributed by atoms with Gasteiger partial charge in [0.15, 0.2) is 0 Å². The second-order valence-corrected chi connectivity index (χ2v) is 4.99. The van der Waals surface area contributed by atoms with E-state index in [0.717, 1.165) is 16.5 Å². The third-order valence-corrected chi connectivity index (χ3v) is 3.42. The van der Waals surface area contributed by atoms with Crippen LogP contribution >= 0.6 is 0 Å². The van der Waals surface area contributed by atoms with Crippen molar-refractivity contribution in [2.75, 3.05) is 5.32 Å². The Bertz CT molecular complexity index is 878. The summed E-state index contributed by atoms with van der Waals surface area (Å²) in [5.41, 5.74) is 3.47. The minimum Gasteiger partial charge on any atom is -0.465 e. The molecule has 0 saturated heterocycles. The number of nitrogens with one attached hydrogen (secondary N) is 1. The smallest absolute Gasteiger partial charge is 0.409 e. The van der Waals surface area contributed by atoms with Crippen LogP contribution in [0.3, 0.4) is 0 Å². The highest BCUT2D eigenvalue weighted by molar-refractivity contribution is 5.85. The zero-order chi connectivity index (χ0) is 15.7. The van der Waals surface area contributed by atoms with Gasteiger partial charge < -0.3 is 5.11 Å². The van der Waals surface area contributed by atoms with E-state index in [1.165, 1.54) is 12.1 Å². The summed E-state index contributed by atoms with van der Waals surface area (Å²) in [6.45, 7) is 1.81. The third-order valence-electron chi connectivity index (χ3n) is 3.42. The number of nitrogens with zero attached hydrogens (tertiary/aromatic N) is 1. The molecule has 0 aliphatic carbocycles. The largest absolute Gasteiger partial charge is 0.465 e. The predicted molar refractivity (Wildman–Crippen MR) is 83.5 cm³/mol. The number of aromatic nitrogens is 1. The topological polar surface area (TPSA) is 62.2 Å². The molecule has 2 aromatic carbocycles. The van der Waals surface area contributed by atoms with Crippen LogP contribution in [0.1, 0.15) is 5.56 Å². The van der Waals surface area contributed by atoms with Crippen molar-refractivity contribution in [3.8, 4) is 11.3 Å². The van der Waals surface area contributed by atoms with Gasteiger partial charge in [-0.15, -0.1) is 0 Å². The normalized spacial score (nSPS) is 10.6. The Hall–Kier alpha value is -2.95. The number of fused-ring (bicyclic) bond motifs is 1. The number of hydrogen-bond donors (Lipinski definition) is 2. The summed E-state index contributed by atoms with van der Waals surface area (Å²) >= 11 is 0. The van der Waals surface area contributed by atoms with Gasteiger partial charge in [0.05, 0.1) is 11.2 Å². The molecule has 22 heavy (non-hydrogen) atoms. The first-order valence-electron chi connectivity index (χ1n) is 6.70. The van der Waals surface area contributed by atoms with Crippen molar-refractivity contribution in [3.05, 3.63) is 59.9 Å². The van der Waals surface area contributed by atoms with Gasteiger partial charge in [-0.3, -0.25) is 5.32 Å². The van der Waals surface area contributed by atoms with Crippen LogP contribution in [-0.2, 0) is 0 Å². The summed E-state index contributed by atoms with van der Waals surface area (Å²) in [5, 5.41) is 12.0. The lowest BCUT2D eigenvalue weighted by atomic mass is 10.1. The molecule has 3 rings (SSSR count). The Labute approximate surface area is 126 Å². The molecular formula is C17H13FN2O2. The quantitative estimate of drug-likeness (QED) is 0.735. The molecule has 0 atom stereocenters. The SMILES string of the molecule is Cc1cc(-c2ccc3ccc(F)cc3n2)ccc1NC(=O)O. The summed E-state index contributed by atoms with van der Waals surface area (Å²) in [6.07, 6.45) is -1.10. The number of aryl methyl sites for hydroxylation is 1. The third kappa shape index (κ3) is 2.74. The van der Waals surface area contributed by atoms with E-state index < -0.39 is 6.09 Å². The van der Waals surface area contributed by atoms with E-state index >= 15 is 0 Å². The number of halogens is 1. The number of carbonyl (C=O) groups is 1. The molecule has 0 radical (unpaired) electrons. The molecule has 3 aromatic rings. The van der Waals surface area contributed by atoms with E-state index in [9.17, 15) is 9.18 Å². The monoisotopic (exact) mass is 296 g/mol. The summed E-state index contributed by atoms with van der Waals surface area (Å²) < 4.78 is 13.3. The lowest BCUT2D eigenvalue weighted by Gasteiger charge is -2.08. The molecule has 0 saturated carbocycles. The molecule has 0 bridgehead atoms. The molecule has 4 nitrogen and oxygen atoms in total. The minimum absolute atomic E-state index is 0.325. The second kappa shape index (κ2) is 5.44. The fraction of sp³-hybridized carbons (Fsp3) is 0.0588. The molecule has 110 valence electrons. The highest BCUT2D eigenvalue weighted by Gasteiger charge is 2.07. The van der Waals surface area contributed by atoms with Crippen molar-refractivity contribution in [1.29, 1.82) is 0 Å². The van der Waals surface area contributed by atoms with Crippen LogP contribution in [0.15, 0.2) is 48.5 Å². The first-order valence-corrected chi connectivity index (χ1v) is 6.70. The van der Waals surface area contributed by atoms with Crippen molar-refractivity contribution >= 4 is 22.7 Å². The van der Waals surface area contributed by atoms with Gasteiger partial charge in [0.1, 0.15) is 5.82 Å². The molecule has 1 amide bonds. The lowest BCUT2D eigenvalue weighted by molar-refractivity contribution is 0.209. The number of pyridine rings is 1. The molecular weight excluding hydrogens is 283 g/mol. The average Bonchev–Trinajstić information content (AvgIpc) is 2.48. The van der Waals surface area contributed by atoms with Crippen LogP contribution in [0.4, 0.5) is 14.9 Å². The van der Waals surface area contributed by atoms with E-state index in [1.807, 2.05) is 25.1 Å². The van der Waals surface area contributed by atoms with Crippen LogP contribution in [0.25, 0.3) is 22.2 Å². The molecule has 0 aliphatic heterocycles. The van der Waals surface area contributed by atoms with E-state index in [2.05, 4.69) is 10.3 Å². The Morgan fingerprint density at radius 2 is 1.91 bits per heavy atom. The Kier molecular flexibility index (Phi) is 3.47. The maximum atomic E-state index is 13.3. The number of hydrogen-bond acceptors (Lipinski definition) is 2. The molecule has 0 fully saturated rings. The number of carboxylic acid groups (broad SMARTS) is 1. The molecule has 1 aromatic heterocycles. The summed E-state index contributed by atoms with van der Waals surface area (Å²) in [5.74, 6) is -0.325. The van der Waals surface area contributed by atoms with Crippen LogP contribution in [-0.4, -0.2) is 16.2 Å². The predicted octanol–water partition coefficient (Wildman–Crippen LogP) is 4.44. The van der Waals surface area contributed by atoms with Gasteiger partial charge in [-0.25, -0.2) is 14.2 Å². The van der Waals surface area contributed by atoms with E-state index in [-0.39, 0.29) is 5.82 Å². The Morgan fingerprint density at radius 3 is 2.64 bits per heavy atom. The second-order valence-electron chi connectivity index (χ2n) is 4.99. The zero-order valence-corrected chi connectivity index (χ0v) is 11.8. The van der Waals surface area contributed by atoms with Gasteiger partial charge >= 0.3 is 6.09 Å². The van der Waals surface area contributed by atoms with Crippen LogP contribution < -0.4 is 5.32 Å². The van der Waals surface area contributed by atoms with Gasteiger partial charge in [-0.05, 0) is 42.8 Å². The zero-order valence-electron chi connectivity index (χ0n) is 11.8. The Balaban J connectivity index is 2.03. The maximum absolute atomic E-state index is 13.3. The standard InChI is InChI=1S/C17H13FN2O2/c1-10-8-12(4-6-14(10)20-17(21)22)15-7-3-11-2-5-13(18)9-16(11)19-15/h2-9,20H,1H3,(H,21,22). The maximum Gasteiger partial charge on any atom is 0.409 e. The first-order chi connectivity index (χ1) is 10.5. The molecule has 5 heteroatoms. The average molecular weight is 296 g/mol. The lowest BCUT2D eigenvalue weighted by Crippen LogP contribution is -2.08. The molecule has 1 heterocycles. The fourth-order valence-corrected chi connectivity index (χ4v) is 2.33. The number of anilines is 1. The number of benzene rings is 2. The summed E-state index contributed by atoms with van der Waals surface area (Å²) in [4.78, 5) is 15.2. The molecule has 0 spiro atoms. The van der Waals surface area contributed by atoms with E-state index in [1.54, 1.807) is 18.2 Å². The van der Waals surface area contributed by atoms with Gasteiger partial charge in [-0.1, -0.05) is 12.1 Å². The highest BCUT2D eigenvalue weighted by atomic mass is 19.1. The van der Waals surface area contributed by atoms with Gasteiger partial charge in [0.25, 0.3) is 0 Å². The van der Waals surface area contributed by atoms with E-state index in [0.29, 0.717) is 16.9 Å². The van der Waals surface area contributed by atoms with Crippen LogP contribution in [0.2, 0.25) is 0 Å². The van der Waals surface area contributed by atoms with Crippen molar-refractivity contribution in [2.45, 2.75) is 6.92 Å². The fourth-order valence-electron chi connectivity index (χ4n) is 2.33. The molecule has 0 unspecified atom stereocenters. The highest BCUT2D eigenvalue weighted by Crippen LogP contribution is 2.25. The van der Waals surface area contributed by atoms with Crippen molar-refractivity contribution in [2.24, 2.45) is 0 Å². The van der Waals surface area contributed by atoms with Crippen molar-refractivity contribution < 1.29 is 14.3 Å².